The second-order valence-electron chi connectivity index (χ2n) is 12.7. The highest BCUT2D eigenvalue weighted by molar-refractivity contribution is 6.07. The van der Waals surface area contributed by atoms with Gasteiger partial charge in [0.15, 0.2) is 0 Å². The summed E-state index contributed by atoms with van der Waals surface area (Å²) in [6, 6.07) is 29.2. The predicted molar refractivity (Wildman–Crippen MR) is 195 cm³/mol. The van der Waals surface area contributed by atoms with Crippen LogP contribution < -0.4 is 15.4 Å². The SMILES string of the molecule is COc1ccc(-c2cc(C#N)cc3c(C)c4n(c23)CCCNC4=O)cc1.N#Cc1cc(-c2ccc(CO)cc2)c2c(c1)cc1n2CCCNC1=O. The summed E-state index contributed by atoms with van der Waals surface area (Å²) in [5, 5.41) is 35.8. The number of nitrogens with one attached hydrogen (secondary N) is 2. The van der Waals surface area contributed by atoms with Crippen molar-refractivity contribution in [2.45, 2.75) is 39.5 Å². The van der Waals surface area contributed by atoms with Crippen molar-refractivity contribution in [1.82, 2.24) is 19.8 Å². The van der Waals surface area contributed by atoms with Crippen molar-refractivity contribution < 1.29 is 19.4 Å². The molecule has 254 valence electrons. The smallest absolute Gasteiger partial charge is 0.268 e. The van der Waals surface area contributed by atoms with Gasteiger partial charge in [0.25, 0.3) is 11.8 Å². The number of ether oxygens (including phenoxy) is 1. The fraction of sp³-hybridized carbons (Fsp3) is 0.220. The van der Waals surface area contributed by atoms with E-state index in [1.54, 1.807) is 7.11 Å². The lowest BCUT2D eigenvalue weighted by Gasteiger charge is -2.11. The molecule has 2 aromatic heterocycles. The second-order valence-corrected chi connectivity index (χ2v) is 12.7. The fourth-order valence-electron chi connectivity index (χ4n) is 7.19. The number of nitrogens with zero attached hydrogens (tertiary/aromatic N) is 4. The third-order valence-electron chi connectivity index (χ3n) is 9.64. The van der Waals surface area contributed by atoms with E-state index in [1.807, 2.05) is 90.4 Å². The third kappa shape index (κ3) is 6.07. The van der Waals surface area contributed by atoms with Crippen LogP contribution in [-0.4, -0.2) is 46.3 Å². The van der Waals surface area contributed by atoms with Crippen LogP contribution in [0.3, 0.4) is 0 Å². The monoisotopic (exact) mass is 676 g/mol. The first kappa shape index (κ1) is 33.2. The summed E-state index contributed by atoms with van der Waals surface area (Å²) in [7, 11) is 1.64. The Morgan fingerprint density at radius 3 is 1.98 bits per heavy atom. The molecule has 0 saturated carbocycles. The molecular weight excluding hydrogens is 640 g/mol. The third-order valence-corrected chi connectivity index (χ3v) is 9.64. The molecule has 0 bridgehead atoms. The van der Waals surface area contributed by atoms with E-state index < -0.39 is 0 Å². The molecule has 4 heterocycles. The summed E-state index contributed by atoms with van der Waals surface area (Å²) >= 11 is 0. The molecule has 6 aromatic rings. The summed E-state index contributed by atoms with van der Waals surface area (Å²) in [6.07, 6.45) is 1.75. The zero-order chi connectivity index (χ0) is 35.6. The lowest BCUT2D eigenvalue weighted by atomic mass is 9.98. The minimum Gasteiger partial charge on any atom is -0.497 e. The van der Waals surface area contributed by atoms with Crippen LogP contribution in [0.1, 0.15) is 56.1 Å². The zero-order valence-electron chi connectivity index (χ0n) is 28.4. The van der Waals surface area contributed by atoms with E-state index in [-0.39, 0.29) is 18.4 Å². The van der Waals surface area contributed by atoms with Crippen LogP contribution in [0.2, 0.25) is 0 Å². The van der Waals surface area contributed by atoms with Crippen molar-refractivity contribution in [1.29, 1.82) is 10.5 Å². The Morgan fingerprint density at radius 2 is 1.35 bits per heavy atom. The summed E-state index contributed by atoms with van der Waals surface area (Å²) in [5.74, 6) is 0.662. The van der Waals surface area contributed by atoms with E-state index in [2.05, 4.69) is 27.3 Å². The molecule has 4 aromatic carbocycles. The minimum atomic E-state index is -0.0752. The Bertz CT molecular complexity index is 2410. The van der Waals surface area contributed by atoms with Gasteiger partial charge in [0, 0.05) is 48.1 Å². The van der Waals surface area contributed by atoms with Gasteiger partial charge in [-0.1, -0.05) is 36.4 Å². The van der Waals surface area contributed by atoms with Gasteiger partial charge < -0.3 is 29.6 Å². The molecule has 10 heteroatoms. The van der Waals surface area contributed by atoms with E-state index in [9.17, 15) is 25.2 Å². The number of hydrogen-bond acceptors (Lipinski definition) is 6. The minimum absolute atomic E-state index is 0.00533. The van der Waals surface area contributed by atoms with Crippen LogP contribution in [0, 0.1) is 29.6 Å². The van der Waals surface area contributed by atoms with Crippen molar-refractivity contribution in [3.8, 4) is 40.1 Å². The van der Waals surface area contributed by atoms with E-state index >= 15 is 0 Å². The van der Waals surface area contributed by atoms with E-state index in [1.165, 1.54) is 0 Å². The largest absolute Gasteiger partial charge is 0.497 e. The van der Waals surface area contributed by atoms with Gasteiger partial charge in [-0.2, -0.15) is 10.5 Å². The van der Waals surface area contributed by atoms with Crippen LogP contribution in [0.5, 0.6) is 5.75 Å². The number of aryl methyl sites for hydroxylation is 3. The number of hydrogen-bond donors (Lipinski definition) is 3. The van der Waals surface area contributed by atoms with Crippen LogP contribution in [-0.2, 0) is 19.7 Å². The number of methoxy groups -OCH3 is 1. The van der Waals surface area contributed by atoms with Crippen molar-refractivity contribution >= 4 is 33.6 Å². The number of nitriles is 2. The molecule has 0 radical (unpaired) electrons. The Kier molecular flexibility index (Phi) is 9.01. The number of fused-ring (bicyclic) bond motifs is 6. The van der Waals surface area contributed by atoms with Crippen molar-refractivity contribution in [2.24, 2.45) is 0 Å². The van der Waals surface area contributed by atoms with Gasteiger partial charge in [0.2, 0.25) is 0 Å². The van der Waals surface area contributed by atoms with Gasteiger partial charge in [0.05, 0.1) is 48.0 Å². The maximum absolute atomic E-state index is 12.6. The highest BCUT2D eigenvalue weighted by Gasteiger charge is 2.25. The lowest BCUT2D eigenvalue weighted by Crippen LogP contribution is -2.23. The number of rotatable bonds is 4. The maximum Gasteiger partial charge on any atom is 0.268 e. The standard InChI is InChI=1S/C21H19N3O2.C20H17N3O2/c1-13-17-10-14(12-22)11-18(15-4-6-16(26-2)7-5-15)20(17)24-9-3-8-23-21(25)19(13)24;21-11-14-8-16-10-18-20(25)22-6-1-7-23(18)19(16)17(9-14)15-4-2-13(12-24)3-5-15/h4-7,10-11H,3,8-9H2,1-2H3,(H,23,25);2-5,8-10,24H,1,6-7,12H2,(H,22,25). The Balaban J connectivity index is 0.000000159. The van der Waals surface area contributed by atoms with E-state index in [0.717, 1.165) is 86.9 Å². The number of carbonyl (C=O) groups excluding carboxylic acids is 2. The van der Waals surface area contributed by atoms with E-state index in [0.29, 0.717) is 35.6 Å². The van der Waals surface area contributed by atoms with Gasteiger partial charge in [-0.05, 0) is 84.5 Å². The highest BCUT2D eigenvalue weighted by Crippen LogP contribution is 2.37. The number of aliphatic hydroxyl groups is 1. The Morgan fingerprint density at radius 1 is 0.765 bits per heavy atom. The molecule has 2 aliphatic rings. The van der Waals surface area contributed by atoms with Crippen molar-refractivity contribution in [3.05, 3.63) is 113 Å². The molecule has 51 heavy (non-hydrogen) atoms. The molecule has 0 atom stereocenters. The second kappa shape index (κ2) is 13.9. The predicted octanol–water partition coefficient (Wildman–Crippen LogP) is 6.44. The number of aliphatic hydroxyl groups excluding tert-OH is 1. The van der Waals surface area contributed by atoms with Gasteiger partial charge in [-0.15, -0.1) is 0 Å². The first-order valence-electron chi connectivity index (χ1n) is 16.9. The quantitative estimate of drug-likeness (QED) is 0.196. The fourth-order valence-corrected chi connectivity index (χ4v) is 7.19. The zero-order valence-corrected chi connectivity index (χ0v) is 28.4. The average Bonchev–Trinajstić information content (AvgIpc) is 3.52. The van der Waals surface area contributed by atoms with Gasteiger partial charge in [-0.3, -0.25) is 9.59 Å². The molecule has 2 aliphatic heterocycles. The molecule has 0 spiro atoms. The summed E-state index contributed by atoms with van der Waals surface area (Å²) in [4.78, 5) is 24.9. The Labute approximate surface area is 295 Å². The molecule has 10 nitrogen and oxygen atoms in total. The number of carbonyl (C=O) groups is 2. The van der Waals surface area contributed by atoms with Gasteiger partial charge >= 0.3 is 0 Å². The van der Waals surface area contributed by atoms with Crippen LogP contribution >= 0.6 is 0 Å². The first-order valence-corrected chi connectivity index (χ1v) is 16.9. The number of aromatic nitrogens is 2. The normalized spacial score (nSPS) is 13.7. The van der Waals surface area contributed by atoms with Gasteiger partial charge in [0.1, 0.15) is 17.1 Å². The van der Waals surface area contributed by atoms with Crippen LogP contribution in [0.4, 0.5) is 0 Å². The van der Waals surface area contributed by atoms with Crippen molar-refractivity contribution in [3.63, 3.8) is 0 Å². The average molecular weight is 677 g/mol. The molecule has 3 N–H and O–H groups in total. The molecule has 0 fully saturated rings. The first-order chi connectivity index (χ1) is 24.8. The molecule has 0 saturated heterocycles. The number of benzene rings is 4. The topological polar surface area (TPSA) is 145 Å². The molecule has 2 amide bonds. The molecule has 0 aliphatic carbocycles. The van der Waals surface area contributed by atoms with Crippen LogP contribution in [0.15, 0.2) is 78.9 Å². The summed E-state index contributed by atoms with van der Waals surface area (Å²) < 4.78 is 9.41. The summed E-state index contributed by atoms with van der Waals surface area (Å²) in [5.41, 5.74) is 10.1. The molecule has 0 unspecified atom stereocenters. The lowest BCUT2D eigenvalue weighted by molar-refractivity contribution is 0.0943. The maximum atomic E-state index is 12.6. The van der Waals surface area contributed by atoms with Gasteiger partial charge in [-0.25, -0.2) is 0 Å². The van der Waals surface area contributed by atoms with E-state index in [4.69, 9.17) is 4.74 Å². The molecular formula is C41H36N6O4. The van der Waals surface area contributed by atoms with Crippen LogP contribution in [0.25, 0.3) is 44.1 Å². The summed E-state index contributed by atoms with van der Waals surface area (Å²) in [6.45, 7) is 4.82. The molecule has 8 rings (SSSR count). The number of amides is 2. The highest BCUT2D eigenvalue weighted by atomic mass is 16.5. The van der Waals surface area contributed by atoms with Crippen molar-refractivity contribution in [2.75, 3.05) is 20.2 Å². The Hall–Kier alpha value is -6.36.